The van der Waals surface area contributed by atoms with Gasteiger partial charge in [0.25, 0.3) is 0 Å². The third kappa shape index (κ3) is 5.27. The molecule has 1 aromatic carbocycles. The maximum absolute atomic E-state index is 10.1. The summed E-state index contributed by atoms with van der Waals surface area (Å²) in [6, 6.07) is 11.6. The van der Waals surface area contributed by atoms with Crippen molar-refractivity contribution >= 4 is 35.6 Å². The molecule has 1 saturated heterocycles. The second kappa shape index (κ2) is 10.5. The van der Waals surface area contributed by atoms with Gasteiger partial charge in [-0.1, -0.05) is 18.2 Å². The number of phenolic OH excluding ortho intramolecular Hbond substituents is 1. The minimum atomic E-state index is 0. The number of halogens is 1. The van der Waals surface area contributed by atoms with Gasteiger partial charge in [0, 0.05) is 58.4 Å². The van der Waals surface area contributed by atoms with E-state index < -0.39 is 0 Å². The van der Waals surface area contributed by atoms with E-state index in [1.165, 1.54) is 0 Å². The topological polar surface area (TPSA) is 81.8 Å². The normalized spacial score (nSPS) is 14.3. The number of aryl methyl sites for hydroxylation is 1. The molecule has 0 spiro atoms. The van der Waals surface area contributed by atoms with Crippen molar-refractivity contribution in [2.24, 2.45) is 4.99 Å². The zero-order valence-electron chi connectivity index (χ0n) is 17.8. The van der Waals surface area contributed by atoms with Crippen LogP contribution in [0.4, 0.5) is 5.69 Å². The minimum absolute atomic E-state index is 0. The summed E-state index contributed by atoms with van der Waals surface area (Å²) in [6.45, 7) is 5.95. The van der Waals surface area contributed by atoms with Crippen LogP contribution in [-0.4, -0.2) is 63.7 Å². The van der Waals surface area contributed by atoms with E-state index >= 15 is 0 Å². The highest BCUT2D eigenvalue weighted by Crippen LogP contribution is 2.27. The van der Waals surface area contributed by atoms with E-state index in [-0.39, 0.29) is 24.0 Å². The number of pyridine rings is 1. The zero-order chi connectivity index (χ0) is 20.9. The van der Waals surface area contributed by atoms with Crippen LogP contribution < -0.4 is 10.2 Å². The number of benzene rings is 1. The molecule has 9 heteroatoms. The number of phenols is 1. The van der Waals surface area contributed by atoms with Gasteiger partial charge in [-0.2, -0.15) is 0 Å². The van der Waals surface area contributed by atoms with Crippen molar-refractivity contribution in [3.05, 3.63) is 66.4 Å². The largest absolute Gasteiger partial charge is 0.506 e. The number of piperazine rings is 1. The summed E-state index contributed by atoms with van der Waals surface area (Å²) in [7, 11) is 1.81. The summed E-state index contributed by atoms with van der Waals surface area (Å²) in [4.78, 5) is 17.7. The molecular formula is C22H28IN7O. The van der Waals surface area contributed by atoms with Crippen LogP contribution in [0.2, 0.25) is 0 Å². The van der Waals surface area contributed by atoms with Crippen molar-refractivity contribution in [2.45, 2.75) is 13.5 Å². The quantitative estimate of drug-likeness (QED) is 0.305. The highest BCUT2D eigenvalue weighted by molar-refractivity contribution is 14.0. The smallest absolute Gasteiger partial charge is 0.194 e. The third-order valence-corrected chi connectivity index (χ3v) is 5.35. The van der Waals surface area contributed by atoms with Crippen molar-refractivity contribution in [1.29, 1.82) is 0 Å². The predicted molar refractivity (Wildman–Crippen MR) is 134 cm³/mol. The number of hydrogen-bond acceptors (Lipinski definition) is 5. The fraction of sp³-hybridized carbons (Fsp3) is 0.318. The Morgan fingerprint density at radius 1 is 1.10 bits per heavy atom. The number of nitrogens with zero attached hydrogens (tertiary/aromatic N) is 6. The molecule has 1 aliphatic rings. The van der Waals surface area contributed by atoms with Crippen molar-refractivity contribution in [3.63, 3.8) is 0 Å². The molecule has 2 aromatic heterocycles. The van der Waals surface area contributed by atoms with Crippen LogP contribution in [0.1, 0.15) is 11.4 Å². The summed E-state index contributed by atoms with van der Waals surface area (Å²) in [5, 5.41) is 13.5. The van der Waals surface area contributed by atoms with Crippen molar-refractivity contribution < 1.29 is 5.11 Å². The predicted octanol–water partition coefficient (Wildman–Crippen LogP) is 2.80. The Morgan fingerprint density at radius 3 is 2.48 bits per heavy atom. The minimum Gasteiger partial charge on any atom is -0.506 e. The number of para-hydroxylation sites is 2. The van der Waals surface area contributed by atoms with Gasteiger partial charge in [-0.25, -0.2) is 9.97 Å². The Labute approximate surface area is 199 Å². The molecule has 0 atom stereocenters. The lowest BCUT2D eigenvalue weighted by molar-refractivity contribution is 0.369. The van der Waals surface area contributed by atoms with Gasteiger partial charge in [-0.05, 0) is 30.7 Å². The number of aromatic nitrogens is 3. The number of anilines is 1. The van der Waals surface area contributed by atoms with Crippen LogP contribution in [0.3, 0.4) is 0 Å². The maximum Gasteiger partial charge on any atom is 0.194 e. The molecule has 8 nitrogen and oxygen atoms in total. The first kappa shape index (κ1) is 22.9. The molecule has 2 N–H and O–H groups in total. The molecule has 0 unspecified atom stereocenters. The SMILES string of the molecule is CN=C(NCc1ccc(-n2ccnc2C)nc1)N1CCN(c2ccccc2O)CC1.I. The number of aromatic hydroxyl groups is 1. The second-order valence-corrected chi connectivity index (χ2v) is 7.23. The van der Waals surface area contributed by atoms with Gasteiger partial charge in [0.05, 0.1) is 5.69 Å². The summed E-state index contributed by atoms with van der Waals surface area (Å²) in [5.74, 6) is 2.98. The molecule has 0 aliphatic carbocycles. The molecule has 0 radical (unpaired) electrons. The Bertz CT molecular complexity index is 1010. The molecule has 164 valence electrons. The lowest BCUT2D eigenvalue weighted by Crippen LogP contribution is -2.52. The highest BCUT2D eigenvalue weighted by atomic mass is 127. The van der Waals surface area contributed by atoms with Gasteiger partial charge in [0.1, 0.15) is 17.4 Å². The molecular weight excluding hydrogens is 505 g/mol. The van der Waals surface area contributed by atoms with Crippen molar-refractivity contribution in [1.82, 2.24) is 24.8 Å². The number of imidazole rings is 1. The summed E-state index contributed by atoms with van der Waals surface area (Å²) >= 11 is 0. The molecule has 1 aliphatic heterocycles. The van der Waals surface area contributed by atoms with Gasteiger partial charge >= 0.3 is 0 Å². The summed E-state index contributed by atoms with van der Waals surface area (Å²) in [5.41, 5.74) is 1.98. The molecule has 0 saturated carbocycles. The molecule has 0 amide bonds. The third-order valence-electron chi connectivity index (χ3n) is 5.35. The van der Waals surface area contributed by atoms with Crippen LogP contribution in [0, 0.1) is 6.92 Å². The first-order chi connectivity index (χ1) is 14.7. The fourth-order valence-corrected chi connectivity index (χ4v) is 3.69. The number of nitrogens with one attached hydrogen (secondary N) is 1. The highest BCUT2D eigenvalue weighted by Gasteiger charge is 2.21. The summed E-state index contributed by atoms with van der Waals surface area (Å²) < 4.78 is 1.96. The van der Waals surface area contributed by atoms with E-state index in [0.717, 1.165) is 55.0 Å². The average Bonchev–Trinajstić information content (AvgIpc) is 3.21. The first-order valence-corrected chi connectivity index (χ1v) is 10.1. The van der Waals surface area contributed by atoms with Gasteiger partial charge in [0.2, 0.25) is 0 Å². The number of aliphatic imine (C=N–C) groups is 1. The van der Waals surface area contributed by atoms with E-state index in [1.54, 1.807) is 19.3 Å². The Hall–Kier alpha value is -2.82. The monoisotopic (exact) mass is 533 g/mol. The van der Waals surface area contributed by atoms with E-state index in [2.05, 4.69) is 36.1 Å². The average molecular weight is 533 g/mol. The number of rotatable bonds is 4. The van der Waals surface area contributed by atoms with E-state index in [0.29, 0.717) is 12.3 Å². The van der Waals surface area contributed by atoms with Crippen LogP contribution in [0.15, 0.2) is 60.0 Å². The molecule has 4 rings (SSSR count). The van der Waals surface area contributed by atoms with Crippen LogP contribution in [0.25, 0.3) is 5.82 Å². The van der Waals surface area contributed by atoms with Crippen LogP contribution in [0.5, 0.6) is 5.75 Å². The Kier molecular flexibility index (Phi) is 7.72. The van der Waals surface area contributed by atoms with Gasteiger partial charge < -0.3 is 20.2 Å². The molecule has 31 heavy (non-hydrogen) atoms. The number of guanidine groups is 1. The van der Waals surface area contributed by atoms with Crippen molar-refractivity contribution in [3.8, 4) is 11.6 Å². The van der Waals surface area contributed by atoms with E-state index in [4.69, 9.17) is 0 Å². The summed E-state index contributed by atoms with van der Waals surface area (Å²) in [6.07, 6.45) is 5.56. The van der Waals surface area contributed by atoms with Crippen molar-refractivity contribution in [2.75, 3.05) is 38.1 Å². The first-order valence-electron chi connectivity index (χ1n) is 10.1. The van der Waals surface area contributed by atoms with Gasteiger partial charge in [0.15, 0.2) is 5.96 Å². The maximum atomic E-state index is 10.1. The standard InChI is InChI=1S/C22H27N7O.HI/c1-17-24-9-10-29(17)21-8-7-18(15-25-21)16-26-22(23-2)28-13-11-27(12-14-28)19-5-3-4-6-20(19)30;/h3-10,15,30H,11-14,16H2,1-2H3,(H,23,26);1H. The lowest BCUT2D eigenvalue weighted by Gasteiger charge is -2.37. The molecule has 3 heterocycles. The van der Waals surface area contributed by atoms with E-state index in [1.807, 2.05) is 48.1 Å². The number of hydrogen-bond donors (Lipinski definition) is 2. The second-order valence-electron chi connectivity index (χ2n) is 7.23. The molecule has 3 aromatic rings. The van der Waals surface area contributed by atoms with Crippen LogP contribution in [-0.2, 0) is 6.54 Å². The molecule has 1 fully saturated rings. The Morgan fingerprint density at radius 2 is 1.87 bits per heavy atom. The lowest BCUT2D eigenvalue weighted by atomic mass is 10.2. The molecule has 0 bridgehead atoms. The fourth-order valence-electron chi connectivity index (χ4n) is 3.69. The van der Waals surface area contributed by atoms with Crippen LogP contribution >= 0.6 is 24.0 Å². The van der Waals surface area contributed by atoms with E-state index in [9.17, 15) is 5.11 Å². The van der Waals surface area contributed by atoms with Gasteiger partial charge in [-0.15, -0.1) is 24.0 Å². The Balaban J connectivity index is 0.00000272. The van der Waals surface area contributed by atoms with Gasteiger partial charge in [-0.3, -0.25) is 9.56 Å². The zero-order valence-corrected chi connectivity index (χ0v) is 20.1.